The number of amides is 10. The number of phenolic OH excluding ortho intramolecular Hbond substituents is 1. The summed E-state index contributed by atoms with van der Waals surface area (Å²) in [4.78, 5) is 149. The van der Waals surface area contributed by atoms with E-state index in [1.807, 2.05) is 27.7 Å². The van der Waals surface area contributed by atoms with Crippen LogP contribution in [0.15, 0.2) is 24.3 Å². The van der Waals surface area contributed by atoms with Crippen LogP contribution in [0.5, 0.6) is 5.75 Å². The molecule has 23 nitrogen and oxygen atoms in total. The minimum absolute atomic E-state index is 0.00674. The van der Waals surface area contributed by atoms with E-state index >= 15 is 0 Å². The van der Waals surface area contributed by atoms with E-state index in [4.69, 9.17) is 11.5 Å². The summed E-state index contributed by atoms with van der Waals surface area (Å²) in [6, 6.07) is -1.15. The van der Waals surface area contributed by atoms with Crippen molar-refractivity contribution in [3.63, 3.8) is 0 Å². The Labute approximate surface area is 422 Å². The van der Waals surface area contributed by atoms with Crippen molar-refractivity contribution >= 4 is 70.6 Å². The molecule has 23 heteroatoms. The molecule has 72 heavy (non-hydrogen) atoms. The molecule has 10 amide bonds. The van der Waals surface area contributed by atoms with Crippen molar-refractivity contribution in [2.45, 2.75) is 169 Å². The topological polar surface area (TPSA) is 373 Å². The Morgan fingerprint density at radius 3 is 1.62 bits per heavy atom. The molecule has 0 heterocycles. The minimum atomic E-state index is -1.60. The molecule has 1 aromatic carbocycles. The molecule has 0 fully saturated rings. The lowest BCUT2D eigenvalue weighted by Gasteiger charge is -2.29. The standard InChI is InChI=1S/C34H51N7O10.C15H29N3O3/c1-6-18(3)30(41-33(50)25(37-29(47)7-2)16-21-9-11-22(44)12-10-21)34(51)39-24(14-15-27(35)45)31(48)40-26(17-28(36)46)32(49)38-23(20(5)43)13-8-19(4)42;1-6-7-11(4)14(20)18-12(8-10(2)3)15(21)17-9-13(19)16-5/h9-12,18,23-26,30,44H,6-8,13-17H2,1-5H3,(H2,35,45)(H2,36,46)(H,37,47)(H,38,49)(H,39,51)(H,40,48)(H,41,50);10-12H,6-9H2,1-5H3,(H,16,19)(H,17,21)(H,18,20)/t18?,23?,24-,25-,26-,30?;/m0./s1. The van der Waals surface area contributed by atoms with Gasteiger partial charge in [0.2, 0.25) is 59.1 Å². The van der Waals surface area contributed by atoms with Crippen molar-refractivity contribution in [3.8, 4) is 5.75 Å². The van der Waals surface area contributed by atoms with Gasteiger partial charge in [0.1, 0.15) is 41.7 Å². The summed E-state index contributed by atoms with van der Waals surface area (Å²) in [5, 5.41) is 29.9. The highest BCUT2D eigenvalue weighted by Crippen LogP contribution is 2.15. The van der Waals surface area contributed by atoms with Crippen molar-refractivity contribution in [1.29, 1.82) is 0 Å². The molecule has 0 radical (unpaired) electrons. The number of carbonyl (C=O) groups is 12. The van der Waals surface area contributed by atoms with Crippen LogP contribution < -0.4 is 54.0 Å². The van der Waals surface area contributed by atoms with E-state index in [0.717, 1.165) is 12.8 Å². The Balaban J connectivity index is 0.00000200. The third-order valence-electron chi connectivity index (χ3n) is 11.3. The molecule has 404 valence electrons. The summed E-state index contributed by atoms with van der Waals surface area (Å²) in [6.07, 6.45) is 1.32. The van der Waals surface area contributed by atoms with Crippen LogP contribution >= 0.6 is 0 Å². The summed E-state index contributed by atoms with van der Waals surface area (Å²) in [5.41, 5.74) is 11.2. The van der Waals surface area contributed by atoms with Crippen LogP contribution in [0.25, 0.3) is 0 Å². The van der Waals surface area contributed by atoms with Crippen LogP contribution in [-0.2, 0) is 64.0 Å². The van der Waals surface area contributed by atoms with Gasteiger partial charge >= 0.3 is 0 Å². The first-order valence-corrected chi connectivity index (χ1v) is 24.3. The number of aromatic hydroxyl groups is 1. The van der Waals surface area contributed by atoms with E-state index in [-0.39, 0.29) is 86.2 Å². The smallest absolute Gasteiger partial charge is 0.243 e. The van der Waals surface area contributed by atoms with Gasteiger partial charge in [0.25, 0.3) is 0 Å². The molecule has 1 rings (SSSR count). The van der Waals surface area contributed by atoms with Gasteiger partial charge in [-0.1, -0.05) is 73.4 Å². The van der Waals surface area contributed by atoms with E-state index in [1.54, 1.807) is 32.9 Å². The monoisotopic (exact) mass is 1020 g/mol. The molecule has 0 aromatic heterocycles. The number of ketones is 2. The van der Waals surface area contributed by atoms with Gasteiger partial charge in [0, 0.05) is 38.6 Å². The molecule has 0 saturated heterocycles. The van der Waals surface area contributed by atoms with Crippen molar-refractivity contribution in [2.75, 3.05) is 13.6 Å². The van der Waals surface area contributed by atoms with Crippen molar-refractivity contribution in [2.24, 2.45) is 29.2 Å². The fourth-order valence-electron chi connectivity index (χ4n) is 6.79. The van der Waals surface area contributed by atoms with Crippen LogP contribution in [0.3, 0.4) is 0 Å². The highest BCUT2D eigenvalue weighted by atomic mass is 16.3. The lowest BCUT2D eigenvalue weighted by molar-refractivity contribution is -0.136. The van der Waals surface area contributed by atoms with Crippen LogP contribution in [0.2, 0.25) is 0 Å². The summed E-state index contributed by atoms with van der Waals surface area (Å²) in [6.45, 7) is 15.3. The predicted molar refractivity (Wildman–Crippen MR) is 267 cm³/mol. The number of benzene rings is 1. The Hall–Kier alpha value is -6.94. The Bertz CT molecular complexity index is 2010. The molecular weight excluding hydrogens is 937 g/mol. The zero-order valence-corrected chi connectivity index (χ0v) is 43.5. The van der Waals surface area contributed by atoms with Gasteiger partial charge < -0.3 is 63.9 Å². The third kappa shape index (κ3) is 26.9. The highest BCUT2D eigenvalue weighted by Gasteiger charge is 2.35. The molecule has 0 bridgehead atoms. The van der Waals surface area contributed by atoms with E-state index in [9.17, 15) is 62.6 Å². The molecule has 13 N–H and O–H groups in total. The van der Waals surface area contributed by atoms with Crippen LogP contribution in [0.4, 0.5) is 0 Å². The number of hydrogen-bond donors (Lipinski definition) is 11. The number of carbonyl (C=O) groups excluding carboxylic acids is 12. The quantitative estimate of drug-likeness (QED) is 0.0444. The van der Waals surface area contributed by atoms with E-state index < -0.39 is 95.7 Å². The van der Waals surface area contributed by atoms with Gasteiger partial charge in [-0.3, -0.25) is 52.7 Å². The minimum Gasteiger partial charge on any atom is -0.508 e. The number of primary amides is 2. The maximum Gasteiger partial charge on any atom is 0.243 e. The molecular formula is C49H80N10O13. The largest absolute Gasteiger partial charge is 0.508 e. The fourth-order valence-corrected chi connectivity index (χ4v) is 6.79. The molecule has 5 unspecified atom stereocenters. The fraction of sp³-hybridized carbons (Fsp3) is 0.633. The third-order valence-corrected chi connectivity index (χ3v) is 11.3. The van der Waals surface area contributed by atoms with Gasteiger partial charge in [-0.2, -0.15) is 0 Å². The van der Waals surface area contributed by atoms with Crippen molar-refractivity contribution in [1.82, 2.24) is 42.5 Å². The Morgan fingerprint density at radius 2 is 1.12 bits per heavy atom. The van der Waals surface area contributed by atoms with Crippen molar-refractivity contribution in [3.05, 3.63) is 29.8 Å². The highest BCUT2D eigenvalue weighted by molar-refractivity contribution is 5.98. The second kappa shape index (κ2) is 34.4. The SMILES string of the molecule is CCC(=O)N[C@@H](Cc1ccc(O)cc1)C(=O)NC(C(=O)N[C@@H](CCC(N)=O)C(=O)N[C@@H](CC(N)=O)C(=O)NC(CCC(C)=O)C(C)=O)C(C)CC.CCCC(C)C(=O)NC(CC(C)C)C(=O)NCC(=O)NC. The predicted octanol–water partition coefficient (Wildman–Crippen LogP) is -0.270. The summed E-state index contributed by atoms with van der Waals surface area (Å²) >= 11 is 0. The summed E-state index contributed by atoms with van der Waals surface area (Å²) < 4.78 is 0. The first-order chi connectivity index (χ1) is 33.7. The first kappa shape index (κ1) is 65.1. The Morgan fingerprint density at radius 1 is 0.583 bits per heavy atom. The summed E-state index contributed by atoms with van der Waals surface area (Å²) in [7, 11) is 1.51. The number of nitrogens with one attached hydrogen (secondary N) is 8. The second-order valence-corrected chi connectivity index (χ2v) is 18.2. The number of hydrogen-bond acceptors (Lipinski definition) is 13. The zero-order valence-electron chi connectivity index (χ0n) is 43.5. The van der Waals surface area contributed by atoms with Crippen LogP contribution in [0.1, 0.15) is 132 Å². The normalized spacial score (nSPS) is 14.0. The van der Waals surface area contributed by atoms with Gasteiger partial charge in [0.15, 0.2) is 5.78 Å². The lowest BCUT2D eigenvalue weighted by atomic mass is 9.96. The van der Waals surface area contributed by atoms with Crippen LogP contribution in [-0.4, -0.2) is 126 Å². The first-order valence-electron chi connectivity index (χ1n) is 24.3. The number of phenols is 1. The molecule has 0 aliphatic heterocycles. The van der Waals surface area contributed by atoms with E-state index in [2.05, 4.69) is 42.5 Å². The van der Waals surface area contributed by atoms with Gasteiger partial charge in [-0.25, -0.2) is 0 Å². The molecule has 1 aromatic rings. The number of rotatable bonds is 32. The molecule has 0 aliphatic rings. The van der Waals surface area contributed by atoms with E-state index in [1.165, 1.54) is 33.0 Å². The second-order valence-electron chi connectivity index (χ2n) is 18.2. The number of nitrogens with two attached hydrogens (primary N) is 2. The average Bonchev–Trinajstić information content (AvgIpc) is 3.31. The number of likely N-dealkylation sites (N-methyl/N-ethyl adjacent to an activating group) is 1. The molecule has 0 aliphatic carbocycles. The van der Waals surface area contributed by atoms with Gasteiger partial charge in [0.05, 0.1) is 19.0 Å². The average molecular weight is 1020 g/mol. The molecule has 0 saturated carbocycles. The lowest BCUT2D eigenvalue weighted by Crippen LogP contribution is -2.60. The molecule has 0 spiro atoms. The number of Topliss-reactive ketones (excluding diaryl/α,β-unsaturated/α-hetero) is 2. The van der Waals surface area contributed by atoms with Crippen molar-refractivity contribution < 1.29 is 62.6 Å². The van der Waals surface area contributed by atoms with Crippen LogP contribution in [0, 0.1) is 17.8 Å². The van der Waals surface area contributed by atoms with Gasteiger partial charge in [-0.15, -0.1) is 0 Å². The molecule has 8 atom stereocenters. The Kier molecular flexibility index (Phi) is 31.1. The maximum atomic E-state index is 13.7. The maximum absolute atomic E-state index is 13.7. The van der Waals surface area contributed by atoms with E-state index in [0.29, 0.717) is 18.4 Å². The zero-order chi connectivity index (χ0) is 55.2. The van der Waals surface area contributed by atoms with Gasteiger partial charge in [-0.05, 0) is 69.1 Å². The summed E-state index contributed by atoms with van der Waals surface area (Å²) in [5.74, 6) is -7.43.